The maximum Gasteiger partial charge on any atom is 0.334 e. The molecule has 0 heterocycles. The molecule has 0 saturated carbocycles. The molecule has 1 aromatic rings. The summed E-state index contributed by atoms with van der Waals surface area (Å²) in [5.41, 5.74) is -0.148. The molecule has 2 amide bonds. The highest BCUT2D eigenvalue weighted by Gasteiger charge is 2.15. The average Bonchev–Trinajstić information content (AvgIpc) is 2.32. The predicted molar refractivity (Wildman–Crippen MR) is 62.1 cm³/mol. The van der Waals surface area contributed by atoms with Gasteiger partial charge in [-0.25, -0.2) is 14.0 Å². The van der Waals surface area contributed by atoms with Crippen molar-refractivity contribution in [1.29, 1.82) is 0 Å². The van der Waals surface area contributed by atoms with Crippen LogP contribution in [0, 0.1) is 5.82 Å². The first-order valence-electron chi connectivity index (χ1n) is 4.81. The first-order chi connectivity index (χ1) is 8.41. The number of nitrogens with one attached hydrogen (secondary N) is 2. The molecular weight excluding hydrogens is 267 g/mol. The van der Waals surface area contributed by atoms with E-state index in [1.54, 1.807) is 0 Å². The highest BCUT2D eigenvalue weighted by atomic mass is 35.5. The summed E-state index contributed by atoms with van der Waals surface area (Å²) < 4.78 is 13.4. The van der Waals surface area contributed by atoms with E-state index in [0.717, 1.165) is 0 Å². The highest BCUT2D eigenvalue weighted by molar-refractivity contribution is 6.31. The van der Waals surface area contributed by atoms with Crippen molar-refractivity contribution in [1.82, 2.24) is 5.32 Å². The van der Waals surface area contributed by atoms with E-state index in [2.05, 4.69) is 10.6 Å². The fourth-order valence-corrected chi connectivity index (χ4v) is 1.22. The van der Waals surface area contributed by atoms with Crippen LogP contribution in [0.15, 0.2) is 18.2 Å². The van der Waals surface area contributed by atoms with Crippen molar-refractivity contribution in [2.75, 3.05) is 11.9 Å². The van der Waals surface area contributed by atoms with Crippen LogP contribution in [0.4, 0.5) is 14.9 Å². The van der Waals surface area contributed by atoms with Gasteiger partial charge in [-0.05, 0) is 12.1 Å². The zero-order valence-electron chi connectivity index (χ0n) is 8.98. The van der Waals surface area contributed by atoms with E-state index in [9.17, 15) is 14.0 Å². The van der Waals surface area contributed by atoms with Crippen LogP contribution in [0.2, 0.25) is 5.02 Å². The Morgan fingerprint density at radius 1 is 1.44 bits per heavy atom. The van der Waals surface area contributed by atoms with Gasteiger partial charge < -0.3 is 20.8 Å². The summed E-state index contributed by atoms with van der Waals surface area (Å²) >= 11 is 5.50. The lowest BCUT2D eigenvalue weighted by Crippen LogP contribution is -2.38. The number of aliphatic carboxylic acids is 1. The fraction of sp³-hybridized carbons (Fsp3) is 0.200. The van der Waals surface area contributed by atoms with E-state index in [-0.39, 0.29) is 10.7 Å². The monoisotopic (exact) mass is 276 g/mol. The van der Waals surface area contributed by atoms with Crippen LogP contribution in [0.5, 0.6) is 0 Å². The zero-order valence-corrected chi connectivity index (χ0v) is 9.74. The Labute approximate surface area is 106 Å². The van der Waals surface area contributed by atoms with Gasteiger partial charge in [0.15, 0.2) is 11.9 Å². The van der Waals surface area contributed by atoms with Crippen LogP contribution < -0.4 is 10.6 Å². The number of benzene rings is 1. The van der Waals surface area contributed by atoms with E-state index >= 15 is 0 Å². The van der Waals surface area contributed by atoms with E-state index in [0.29, 0.717) is 0 Å². The van der Waals surface area contributed by atoms with Crippen LogP contribution in [0.1, 0.15) is 0 Å². The second kappa shape index (κ2) is 6.18. The Morgan fingerprint density at radius 3 is 2.72 bits per heavy atom. The molecule has 1 rings (SSSR count). The molecule has 0 aliphatic rings. The van der Waals surface area contributed by atoms with Gasteiger partial charge in [0.25, 0.3) is 0 Å². The zero-order chi connectivity index (χ0) is 13.7. The second-order valence-electron chi connectivity index (χ2n) is 3.29. The van der Waals surface area contributed by atoms with Gasteiger partial charge in [-0.1, -0.05) is 17.7 Å². The Bertz CT molecular complexity index is 469. The van der Waals surface area contributed by atoms with Gasteiger partial charge in [-0.3, -0.25) is 0 Å². The van der Waals surface area contributed by atoms with Crippen molar-refractivity contribution in [3.8, 4) is 0 Å². The van der Waals surface area contributed by atoms with Crippen molar-refractivity contribution in [2.24, 2.45) is 0 Å². The highest BCUT2D eigenvalue weighted by Crippen LogP contribution is 2.21. The molecule has 4 N–H and O–H groups in total. The Hall–Kier alpha value is -1.86. The summed E-state index contributed by atoms with van der Waals surface area (Å²) in [4.78, 5) is 21.5. The van der Waals surface area contributed by atoms with Gasteiger partial charge in [0.05, 0.1) is 17.3 Å². The lowest BCUT2D eigenvalue weighted by atomic mass is 10.3. The minimum Gasteiger partial charge on any atom is -0.479 e. The molecular formula is C10H10ClFN2O4. The van der Waals surface area contributed by atoms with Crippen LogP contribution in [0.25, 0.3) is 0 Å². The molecule has 0 radical (unpaired) electrons. The van der Waals surface area contributed by atoms with Crippen LogP contribution in [0.3, 0.4) is 0 Å². The van der Waals surface area contributed by atoms with Gasteiger partial charge in [0.2, 0.25) is 0 Å². The first-order valence-corrected chi connectivity index (χ1v) is 5.19. The smallest absolute Gasteiger partial charge is 0.334 e. The van der Waals surface area contributed by atoms with Crippen molar-refractivity contribution < 1.29 is 24.2 Å². The number of urea groups is 1. The summed E-state index contributed by atoms with van der Waals surface area (Å²) in [5, 5.41) is 21.3. The average molecular weight is 277 g/mol. The van der Waals surface area contributed by atoms with Crippen LogP contribution in [-0.4, -0.2) is 34.9 Å². The van der Waals surface area contributed by atoms with E-state index in [1.807, 2.05) is 0 Å². The number of hydrogen-bond donors (Lipinski definition) is 4. The summed E-state index contributed by atoms with van der Waals surface area (Å²) in [5.74, 6) is -2.27. The molecule has 6 nitrogen and oxygen atoms in total. The van der Waals surface area contributed by atoms with Gasteiger partial charge in [0.1, 0.15) is 0 Å². The molecule has 0 aliphatic heterocycles. The molecule has 18 heavy (non-hydrogen) atoms. The topological polar surface area (TPSA) is 98.7 Å². The molecule has 8 heteroatoms. The molecule has 0 spiro atoms. The number of hydrogen-bond acceptors (Lipinski definition) is 3. The number of aliphatic hydroxyl groups excluding tert-OH is 1. The molecule has 1 atom stereocenters. The normalized spacial score (nSPS) is 11.7. The second-order valence-corrected chi connectivity index (χ2v) is 3.70. The standard InChI is InChI=1S/C10H10ClFN2O4/c11-5-2-1-3-6(8(5)12)14-10(18)13-4-7(15)9(16)17/h1-3,7,15H,4H2,(H,16,17)(H2,13,14,18). The van der Waals surface area contributed by atoms with Crippen molar-refractivity contribution in [3.05, 3.63) is 29.0 Å². The number of carboxylic acids is 1. The van der Waals surface area contributed by atoms with Crippen molar-refractivity contribution in [3.63, 3.8) is 0 Å². The van der Waals surface area contributed by atoms with Gasteiger partial charge in [-0.15, -0.1) is 0 Å². The molecule has 0 saturated heterocycles. The SMILES string of the molecule is O=C(NCC(O)C(=O)O)Nc1cccc(Cl)c1F. The van der Waals surface area contributed by atoms with Gasteiger partial charge >= 0.3 is 12.0 Å². The van der Waals surface area contributed by atoms with Crippen molar-refractivity contribution in [2.45, 2.75) is 6.10 Å². The third kappa shape index (κ3) is 3.86. The van der Waals surface area contributed by atoms with E-state index in [4.69, 9.17) is 21.8 Å². The summed E-state index contributed by atoms with van der Waals surface area (Å²) in [7, 11) is 0. The maximum atomic E-state index is 13.4. The molecule has 1 unspecified atom stereocenters. The molecule has 0 aromatic heterocycles. The third-order valence-electron chi connectivity index (χ3n) is 1.94. The Morgan fingerprint density at radius 2 is 2.11 bits per heavy atom. The van der Waals surface area contributed by atoms with E-state index in [1.165, 1.54) is 18.2 Å². The minimum absolute atomic E-state index is 0.148. The number of anilines is 1. The number of aliphatic hydroxyl groups is 1. The number of rotatable bonds is 4. The summed E-state index contributed by atoms with van der Waals surface area (Å²) in [6.45, 7) is -0.497. The van der Waals surface area contributed by atoms with Gasteiger partial charge in [0, 0.05) is 0 Å². The quantitative estimate of drug-likeness (QED) is 0.660. The lowest BCUT2D eigenvalue weighted by molar-refractivity contribution is -0.146. The number of carboxylic acid groups (broad SMARTS) is 1. The predicted octanol–water partition coefficient (Wildman–Crippen LogP) is 1.05. The number of halogens is 2. The fourth-order valence-electron chi connectivity index (χ4n) is 1.04. The number of amides is 2. The number of carbonyl (C=O) groups excluding carboxylic acids is 1. The molecule has 98 valence electrons. The van der Waals surface area contributed by atoms with Crippen LogP contribution >= 0.6 is 11.6 Å². The van der Waals surface area contributed by atoms with Crippen molar-refractivity contribution >= 4 is 29.3 Å². The maximum absolute atomic E-state index is 13.4. The number of carbonyl (C=O) groups is 2. The van der Waals surface area contributed by atoms with E-state index < -0.39 is 30.5 Å². The molecule has 0 bridgehead atoms. The molecule has 1 aromatic carbocycles. The Kier molecular flexibility index (Phi) is 4.87. The Balaban J connectivity index is 2.55. The summed E-state index contributed by atoms with van der Waals surface area (Å²) in [6.07, 6.45) is -1.72. The minimum atomic E-state index is -1.72. The molecule has 0 aliphatic carbocycles. The largest absolute Gasteiger partial charge is 0.479 e. The van der Waals surface area contributed by atoms with Crippen LogP contribution in [-0.2, 0) is 4.79 Å². The summed E-state index contributed by atoms with van der Waals surface area (Å²) in [6, 6.07) is 3.19. The first kappa shape index (κ1) is 14.2. The molecule has 0 fully saturated rings. The van der Waals surface area contributed by atoms with Gasteiger partial charge in [-0.2, -0.15) is 0 Å². The lowest BCUT2D eigenvalue weighted by Gasteiger charge is -2.10. The third-order valence-corrected chi connectivity index (χ3v) is 2.23.